The van der Waals surface area contributed by atoms with Crippen LogP contribution < -0.4 is 5.32 Å². The number of carbonyl (C=O) groups is 4. The first-order valence-corrected chi connectivity index (χ1v) is 9.73. The number of ether oxygens (including phenoxy) is 1. The second-order valence-corrected chi connectivity index (χ2v) is 7.67. The van der Waals surface area contributed by atoms with Gasteiger partial charge in [-0.2, -0.15) is 0 Å². The van der Waals surface area contributed by atoms with Crippen LogP contribution in [0.15, 0.2) is 12.2 Å². The van der Waals surface area contributed by atoms with Crippen LogP contribution in [0.4, 0.5) is 0 Å². The molecular formula is C20H30N2O5. The summed E-state index contributed by atoms with van der Waals surface area (Å²) in [7, 11) is 1.35. The van der Waals surface area contributed by atoms with E-state index in [2.05, 4.69) is 10.1 Å². The number of nitrogens with zero attached hydrogens (tertiary/aromatic N) is 1. The maximum absolute atomic E-state index is 12.8. The summed E-state index contributed by atoms with van der Waals surface area (Å²) in [5, 5.41) is 2.83. The van der Waals surface area contributed by atoms with E-state index < -0.39 is 6.04 Å². The van der Waals surface area contributed by atoms with Gasteiger partial charge < -0.3 is 10.1 Å². The zero-order valence-electron chi connectivity index (χ0n) is 16.4. The highest BCUT2D eigenvalue weighted by Gasteiger charge is 2.51. The lowest BCUT2D eigenvalue weighted by molar-refractivity contribution is -0.148. The van der Waals surface area contributed by atoms with Crippen molar-refractivity contribution < 1.29 is 23.9 Å². The molecule has 2 aliphatic rings. The summed E-state index contributed by atoms with van der Waals surface area (Å²) in [5.74, 6) is -1.50. The van der Waals surface area contributed by atoms with Gasteiger partial charge in [-0.15, -0.1) is 0 Å². The van der Waals surface area contributed by atoms with Gasteiger partial charge in [0.1, 0.15) is 6.04 Å². The van der Waals surface area contributed by atoms with Crippen molar-refractivity contribution in [3.05, 3.63) is 12.2 Å². The van der Waals surface area contributed by atoms with Crippen molar-refractivity contribution >= 4 is 23.7 Å². The van der Waals surface area contributed by atoms with E-state index in [1.807, 2.05) is 26.0 Å². The fourth-order valence-electron chi connectivity index (χ4n) is 3.74. The lowest BCUT2D eigenvalue weighted by atomic mass is 9.85. The Morgan fingerprint density at radius 2 is 1.74 bits per heavy atom. The molecule has 1 aliphatic heterocycles. The van der Waals surface area contributed by atoms with Crippen molar-refractivity contribution in [2.45, 2.75) is 58.4 Å². The van der Waals surface area contributed by atoms with E-state index in [0.29, 0.717) is 45.1 Å². The first-order valence-electron chi connectivity index (χ1n) is 9.73. The molecule has 0 aromatic rings. The van der Waals surface area contributed by atoms with Crippen LogP contribution in [0.3, 0.4) is 0 Å². The monoisotopic (exact) mass is 378 g/mol. The third-order valence-electron chi connectivity index (χ3n) is 5.19. The van der Waals surface area contributed by atoms with E-state index in [-0.39, 0.29) is 41.4 Å². The average molecular weight is 378 g/mol. The molecule has 3 unspecified atom stereocenters. The van der Waals surface area contributed by atoms with Crippen LogP contribution >= 0.6 is 0 Å². The molecule has 0 aromatic carbocycles. The highest BCUT2D eigenvalue weighted by molar-refractivity contribution is 6.08. The van der Waals surface area contributed by atoms with E-state index in [1.165, 1.54) is 12.0 Å². The molecule has 27 heavy (non-hydrogen) atoms. The molecule has 1 fully saturated rings. The van der Waals surface area contributed by atoms with Gasteiger partial charge in [-0.1, -0.05) is 26.0 Å². The van der Waals surface area contributed by atoms with Crippen molar-refractivity contribution in [3.63, 3.8) is 0 Å². The summed E-state index contributed by atoms with van der Waals surface area (Å²) in [6.45, 7) is 4.33. The number of nitrogens with one attached hydrogen (secondary N) is 1. The summed E-state index contributed by atoms with van der Waals surface area (Å²) in [6.07, 6.45) is 7.00. The molecule has 0 spiro atoms. The summed E-state index contributed by atoms with van der Waals surface area (Å²) in [5.41, 5.74) is 0. The van der Waals surface area contributed by atoms with Crippen molar-refractivity contribution in [3.8, 4) is 0 Å². The lowest BCUT2D eigenvalue weighted by Crippen LogP contribution is -2.50. The number of carbonyl (C=O) groups excluding carboxylic acids is 4. The molecule has 1 aliphatic carbocycles. The minimum absolute atomic E-state index is 0.168. The Balaban J connectivity index is 1.98. The maximum Gasteiger partial charge on any atom is 0.305 e. The second-order valence-electron chi connectivity index (χ2n) is 7.67. The number of likely N-dealkylation sites (tertiary alicyclic amines) is 1. The molecule has 2 rings (SSSR count). The number of amides is 3. The number of unbranched alkanes of at least 4 members (excludes halogenated alkanes) is 1. The highest BCUT2D eigenvalue weighted by Crippen LogP contribution is 2.37. The number of rotatable bonds is 9. The van der Waals surface area contributed by atoms with Crippen molar-refractivity contribution in [1.29, 1.82) is 0 Å². The average Bonchev–Trinajstić information content (AvgIpc) is 2.90. The van der Waals surface area contributed by atoms with E-state index in [4.69, 9.17) is 0 Å². The van der Waals surface area contributed by atoms with Gasteiger partial charge in [0.2, 0.25) is 17.7 Å². The van der Waals surface area contributed by atoms with Gasteiger partial charge in [-0.3, -0.25) is 24.1 Å². The van der Waals surface area contributed by atoms with Gasteiger partial charge in [0.25, 0.3) is 0 Å². The van der Waals surface area contributed by atoms with Crippen molar-refractivity contribution in [2.24, 2.45) is 17.8 Å². The molecule has 0 aromatic heterocycles. The molecule has 3 amide bonds. The van der Waals surface area contributed by atoms with Crippen molar-refractivity contribution in [1.82, 2.24) is 10.2 Å². The number of hydrogen-bond acceptors (Lipinski definition) is 5. The largest absolute Gasteiger partial charge is 0.469 e. The smallest absolute Gasteiger partial charge is 0.305 e. The number of allylic oxidation sites excluding steroid dienone is 2. The van der Waals surface area contributed by atoms with Crippen LogP contribution in [-0.2, 0) is 23.9 Å². The Bertz CT molecular complexity index is 587. The number of fused-ring (bicyclic) bond motifs is 1. The number of imide groups is 1. The first kappa shape index (κ1) is 21.1. The summed E-state index contributed by atoms with van der Waals surface area (Å²) in [4.78, 5) is 50.7. The zero-order valence-corrected chi connectivity index (χ0v) is 16.4. The molecule has 0 saturated carbocycles. The van der Waals surface area contributed by atoms with Gasteiger partial charge in [0.05, 0.1) is 18.9 Å². The molecule has 0 radical (unpaired) electrons. The third-order valence-corrected chi connectivity index (χ3v) is 5.19. The van der Waals surface area contributed by atoms with Gasteiger partial charge in [0.15, 0.2) is 0 Å². The van der Waals surface area contributed by atoms with E-state index in [0.717, 1.165) is 0 Å². The van der Waals surface area contributed by atoms with Crippen LogP contribution in [0.2, 0.25) is 0 Å². The highest BCUT2D eigenvalue weighted by atomic mass is 16.5. The molecule has 0 bridgehead atoms. The predicted molar refractivity (Wildman–Crippen MR) is 99.3 cm³/mol. The lowest BCUT2D eigenvalue weighted by Gasteiger charge is -2.27. The SMILES string of the molecule is COC(=O)CCCCNC(=O)C(CC(C)C)N1C(=O)C2CC=CCC2C1=O. The van der Waals surface area contributed by atoms with E-state index in [9.17, 15) is 19.2 Å². The molecule has 1 heterocycles. The van der Waals surface area contributed by atoms with Crippen LogP contribution in [0.5, 0.6) is 0 Å². The first-order chi connectivity index (χ1) is 12.9. The molecule has 7 nitrogen and oxygen atoms in total. The normalized spacial score (nSPS) is 22.7. The van der Waals surface area contributed by atoms with Gasteiger partial charge >= 0.3 is 5.97 Å². The van der Waals surface area contributed by atoms with Crippen molar-refractivity contribution in [2.75, 3.05) is 13.7 Å². The Kier molecular flexibility index (Phi) is 7.56. The fraction of sp³-hybridized carbons (Fsp3) is 0.700. The van der Waals surface area contributed by atoms with Gasteiger partial charge in [0, 0.05) is 13.0 Å². The standard InChI is InChI=1S/C20H30N2O5/c1-13(2)12-16(18(24)21-11-7-6-10-17(23)27-3)22-19(25)14-8-4-5-9-15(14)20(22)26/h4-5,13-16H,6-12H2,1-3H3,(H,21,24). The number of hydrogen-bond donors (Lipinski definition) is 1. The van der Waals surface area contributed by atoms with Crippen LogP contribution in [0.25, 0.3) is 0 Å². The van der Waals surface area contributed by atoms with Crippen LogP contribution in [0, 0.1) is 17.8 Å². The van der Waals surface area contributed by atoms with E-state index in [1.54, 1.807) is 0 Å². The fourth-order valence-corrected chi connectivity index (χ4v) is 3.74. The predicted octanol–water partition coefficient (Wildman–Crippen LogP) is 1.81. The second kappa shape index (κ2) is 9.67. The molecule has 150 valence electrons. The molecule has 1 N–H and O–H groups in total. The zero-order chi connectivity index (χ0) is 20.0. The summed E-state index contributed by atoms with van der Waals surface area (Å²) >= 11 is 0. The summed E-state index contributed by atoms with van der Waals surface area (Å²) < 4.78 is 4.58. The van der Waals surface area contributed by atoms with Gasteiger partial charge in [-0.25, -0.2) is 0 Å². The Morgan fingerprint density at radius 1 is 1.15 bits per heavy atom. The molecule has 1 saturated heterocycles. The molecule has 3 atom stereocenters. The minimum Gasteiger partial charge on any atom is -0.469 e. The topological polar surface area (TPSA) is 92.8 Å². The molecule has 7 heteroatoms. The van der Waals surface area contributed by atoms with Crippen LogP contribution in [0.1, 0.15) is 52.4 Å². The molecular weight excluding hydrogens is 348 g/mol. The quantitative estimate of drug-likeness (QED) is 0.286. The maximum atomic E-state index is 12.8. The van der Waals surface area contributed by atoms with Gasteiger partial charge in [-0.05, 0) is 38.0 Å². The minimum atomic E-state index is -0.767. The Morgan fingerprint density at radius 3 is 2.26 bits per heavy atom. The number of methoxy groups -OCH3 is 1. The Hall–Kier alpha value is -2.18. The number of esters is 1. The summed E-state index contributed by atoms with van der Waals surface area (Å²) in [6, 6.07) is -0.767. The van der Waals surface area contributed by atoms with E-state index >= 15 is 0 Å². The third kappa shape index (κ3) is 5.17. The Labute approximate surface area is 160 Å². The van der Waals surface area contributed by atoms with Crippen LogP contribution in [-0.4, -0.2) is 48.3 Å².